The topological polar surface area (TPSA) is 55.0 Å². The fraction of sp³-hybridized carbons (Fsp3) is 0.125. The maximum Gasteiger partial charge on any atom is 0.266 e. The Morgan fingerprint density at radius 3 is 3.08 bits per heavy atom. The fourth-order valence-electron chi connectivity index (χ4n) is 1.12. The monoisotopic (exact) mass is 180 g/mol. The number of hydrogen-bond donors (Lipinski definition) is 2. The van der Waals surface area contributed by atoms with Crippen LogP contribution in [0, 0.1) is 4.84 Å². The molecule has 3 nitrogen and oxygen atoms in total. The van der Waals surface area contributed by atoms with Crippen molar-refractivity contribution in [1.82, 2.24) is 4.98 Å². The molecule has 62 valence electrons. The van der Waals surface area contributed by atoms with Gasteiger partial charge in [-0.15, -0.1) is 0 Å². The molecule has 0 aliphatic rings. The van der Waals surface area contributed by atoms with Crippen molar-refractivity contribution >= 4 is 23.3 Å². The molecule has 0 atom stereocenters. The van der Waals surface area contributed by atoms with E-state index in [4.69, 9.17) is 22.4 Å². The van der Waals surface area contributed by atoms with Crippen LogP contribution < -0.4 is 5.73 Å². The van der Waals surface area contributed by atoms with Gasteiger partial charge in [-0.3, -0.25) is 0 Å². The molecule has 0 saturated carbocycles. The molecule has 0 unspecified atom stereocenters. The summed E-state index contributed by atoms with van der Waals surface area (Å²) in [6.07, 6.45) is 0. The summed E-state index contributed by atoms with van der Waals surface area (Å²) < 4.78 is 5.21. The zero-order chi connectivity index (χ0) is 8.55. The first-order valence-corrected chi connectivity index (χ1v) is 4.02. The summed E-state index contributed by atoms with van der Waals surface area (Å²) in [5.41, 5.74) is 8.19. The number of oxazole rings is 1. The molecular formula is C8H8N2OS. The third-order valence-electron chi connectivity index (χ3n) is 1.72. The predicted molar refractivity (Wildman–Crippen MR) is 49.3 cm³/mol. The van der Waals surface area contributed by atoms with Crippen LogP contribution in [-0.4, -0.2) is 4.98 Å². The predicted octanol–water partition coefficient (Wildman–Crippen LogP) is 1.95. The minimum absolute atomic E-state index is 0.402. The van der Waals surface area contributed by atoms with Gasteiger partial charge in [0, 0.05) is 6.54 Å². The van der Waals surface area contributed by atoms with E-state index in [1.165, 1.54) is 0 Å². The van der Waals surface area contributed by atoms with Gasteiger partial charge in [0.25, 0.3) is 4.84 Å². The summed E-state index contributed by atoms with van der Waals surface area (Å²) in [7, 11) is 0. The van der Waals surface area contributed by atoms with Gasteiger partial charge in [-0.25, -0.2) is 0 Å². The molecule has 4 heteroatoms. The minimum Gasteiger partial charge on any atom is -0.429 e. The minimum atomic E-state index is 0.402. The number of nitrogens with two attached hydrogens (primary N) is 1. The molecule has 0 saturated heterocycles. The lowest BCUT2D eigenvalue weighted by atomic mass is 10.2. The molecule has 3 N–H and O–H groups in total. The molecule has 0 aliphatic heterocycles. The molecule has 0 radical (unpaired) electrons. The van der Waals surface area contributed by atoms with E-state index in [1.807, 2.05) is 18.2 Å². The van der Waals surface area contributed by atoms with Crippen LogP contribution in [0.25, 0.3) is 11.1 Å². The van der Waals surface area contributed by atoms with Crippen LogP contribution in [0.15, 0.2) is 22.6 Å². The standard InChI is InChI=1S/C8H8N2OS/c9-4-5-1-2-6-7(3-5)11-8(12)10-6/h1-3H,4,9H2,(H,10,12). The third-order valence-corrected chi connectivity index (χ3v) is 1.91. The molecule has 12 heavy (non-hydrogen) atoms. The normalized spacial score (nSPS) is 10.8. The average Bonchev–Trinajstić information content (AvgIpc) is 2.43. The molecule has 1 aromatic carbocycles. The number of aromatic nitrogens is 1. The Balaban J connectivity index is 2.74. The lowest BCUT2D eigenvalue weighted by Gasteiger charge is -1.93. The quantitative estimate of drug-likeness (QED) is 0.659. The first-order valence-electron chi connectivity index (χ1n) is 3.61. The zero-order valence-corrected chi connectivity index (χ0v) is 7.15. The molecule has 0 aliphatic carbocycles. The highest BCUT2D eigenvalue weighted by molar-refractivity contribution is 7.71. The Morgan fingerprint density at radius 2 is 2.33 bits per heavy atom. The number of H-pyrrole nitrogens is 1. The Kier molecular flexibility index (Phi) is 1.71. The van der Waals surface area contributed by atoms with Crippen LogP contribution in [0.2, 0.25) is 0 Å². The van der Waals surface area contributed by atoms with E-state index < -0.39 is 0 Å². The number of rotatable bonds is 1. The second kappa shape index (κ2) is 2.73. The van der Waals surface area contributed by atoms with Crippen molar-refractivity contribution in [3.63, 3.8) is 0 Å². The lowest BCUT2D eigenvalue weighted by molar-refractivity contribution is 0.583. The van der Waals surface area contributed by atoms with Crippen molar-refractivity contribution in [3.05, 3.63) is 28.6 Å². The first-order chi connectivity index (χ1) is 5.79. The van der Waals surface area contributed by atoms with Gasteiger partial charge in [-0.1, -0.05) is 6.07 Å². The van der Waals surface area contributed by atoms with Gasteiger partial charge in [0.05, 0.1) is 5.52 Å². The summed E-state index contributed by atoms with van der Waals surface area (Å²) in [5.74, 6) is 0. The number of benzene rings is 1. The van der Waals surface area contributed by atoms with E-state index in [0.717, 1.165) is 16.7 Å². The van der Waals surface area contributed by atoms with E-state index in [0.29, 0.717) is 11.4 Å². The highest BCUT2D eigenvalue weighted by Gasteiger charge is 1.98. The number of hydrogen-bond acceptors (Lipinski definition) is 3. The van der Waals surface area contributed by atoms with Crippen molar-refractivity contribution < 1.29 is 4.42 Å². The molecule has 2 aromatic rings. The third kappa shape index (κ3) is 1.15. The molecule has 1 heterocycles. The first kappa shape index (κ1) is 7.52. The lowest BCUT2D eigenvalue weighted by Crippen LogP contribution is -1.94. The second-order valence-electron chi connectivity index (χ2n) is 2.55. The Hall–Kier alpha value is -1.13. The van der Waals surface area contributed by atoms with Crippen molar-refractivity contribution in [2.24, 2.45) is 5.73 Å². The van der Waals surface area contributed by atoms with Crippen LogP contribution in [0.5, 0.6) is 0 Å². The van der Waals surface area contributed by atoms with Crippen LogP contribution in [0.1, 0.15) is 5.56 Å². The largest absolute Gasteiger partial charge is 0.429 e. The van der Waals surface area contributed by atoms with Gasteiger partial charge in [0.2, 0.25) is 0 Å². The molecule has 0 bridgehead atoms. The summed E-state index contributed by atoms with van der Waals surface area (Å²) >= 11 is 4.84. The Bertz CT molecular complexity index is 457. The molecular weight excluding hydrogens is 172 g/mol. The van der Waals surface area contributed by atoms with Gasteiger partial charge < -0.3 is 15.1 Å². The SMILES string of the molecule is NCc1ccc2[nH]c(=S)oc2c1. The van der Waals surface area contributed by atoms with Gasteiger partial charge >= 0.3 is 0 Å². The average molecular weight is 180 g/mol. The molecule has 2 rings (SSSR count). The fourth-order valence-corrected chi connectivity index (χ4v) is 1.32. The van der Waals surface area contributed by atoms with Crippen molar-refractivity contribution in [3.8, 4) is 0 Å². The van der Waals surface area contributed by atoms with Crippen molar-refractivity contribution in [1.29, 1.82) is 0 Å². The smallest absolute Gasteiger partial charge is 0.266 e. The zero-order valence-electron chi connectivity index (χ0n) is 6.33. The van der Waals surface area contributed by atoms with Gasteiger partial charge in [0.1, 0.15) is 0 Å². The van der Waals surface area contributed by atoms with E-state index in [-0.39, 0.29) is 0 Å². The van der Waals surface area contributed by atoms with Gasteiger partial charge in [0.15, 0.2) is 5.58 Å². The van der Waals surface area contributed by atoms with Gasteiger partial charge in [-0.2, -0.15) is 0 Å². The number of fused-ring (bicyclic) bond motifs is 1. The summed E-state index contributed by atoms with van der Waals surface area (Å²) in [6.45, 7) is 0.517. The highest BCUT2D eigenvalue weighted by atomic mass is 32.1. The Labute approximate surface area is 74.2 Å². The van der Waals surface area contributed by atoms with E-state index >= 15 is 0 Å². The maximum absolute atomic E-state index is 5.47. The van der Waals surface area contributed by atoms with Crippen LogP contribution in [0.4, 0.5) is 0 Å². The Morgan fingerprint density at radius 1 is 1.50 bits per heavy atom. The number of nitrogens with one attached hydrogen (secondary N) is 1. The molecule has 0 amide bonds. The van der Waals surface area contributed by atoms with Gasteiger partial charge in [-0.05, 0) is 29.9 Å². The van der Waals surface area contributed by atoms with Crippen LogP contribution in [-0.2, 0) is 6.54 Å². The van der Waals surface area contributed by atoms with Crippen LogP contribution in [0.3, 0.4) is 0 Å². The van der Waals surface area contributed by atoms with E-state index in [2.05, 4.69) is 4.98 Å². The summed E-state index contributed by atoms with van der Waals surface area (Å²) in [5, 5.41) is 0. The number of aromatic amines is 1. The highest BCUT2D eigenvalue weighted by Crippen LogP contribution is 2.14. The van der Waals surface area contributed by atoms with E-state index in [9.17, 15) is 0 Å². The van der Waals surface area contributed by atoms with Crippen molar-refractivity contribution in [2.45, 2.75) is 6.54 Å². The maximum atomic E-state index is 5.47. The molecule has 1 aromatic heterocycles. The van der Waals surface area contributed by atoms with Crippen LogP contribution >= 0.6 is 12.2 Å². The summed E-state index contributed by atoms with van der Waals surface area (Å²) in [4.78, 5) is 3.32. The summed E-state index contributed by atoms with van der Waals surface area (Å²) in [6, 6.07) is 5.75. The molecule has 0 spiro atoms. The van der Waals surface area contributed by atoms with Crippen molar-refractivity contribution in [2.75, 3.05) is 0 Å². The second-order valence-corrected chi connectivity index (χ2v) is 2.92. The van der Waals surface area contributed by atoms with E-state index in [1.54, 1.807) is 0 Å². The molecule has 0 fully saturated rings.